The summed E-state index contributed by atoms with van der Waals surface area (Å²) < 4.78 is 11.0. The zero-order valence-corrected chi connectivity index (χ0v) is 16.8. The monoisotopic (exact) mass is 397 g/mol. The van der Waals surface area contributed by atoms with Gasteiger partial charge in [-0.05, 0) is 48.4 Å². The van der Waals surface area contributed by atoms with Crippen molar-refractivity contribution in [1.82, 2.24) is 5.32 Å². The van der Waals surface area contributed by atoms with Crippen LogP contribution >= 0.6 is 11.3 Å². The van der Waals surface area contributed by atoms with Crippen molar-refractivity contribution in [3.8, 4) is 11.5 Å². The average molecular weight is 397 g/mol. The molecule has 28 heavy (non-hydrogen) atoms. The molecule has 0 spiro atoms. The predicted octanol–water partition coefficient (Wildman–Crippen LogP) is 4.16. The van der Waals surface area contributed by atoms with Crippen LogP contribution in [0.4, 0.5) is 0 Å². The van der Waals surface area contributed by atoms with Crippen LogP contribution in [0.2, 0.25) is 0 Å². The van der Waals surface area contributed by atoms with Gasteiger partial charge in [0.2, 0.25) is 5.91 Å². The van der Waals surface area contributed by atoms with Crippen molar-refractivity contribution in [1.29, 1.82) is 0 Å². The molecule has 4 rings (SSSR count). The molecule has 2 aliphatic rings. The van der Waals surface area contributed by atoms with Gasteiger partial charge in [0.15, 0.2) is 17.3 Å². The highest BCUT2D eigenvalue weighted by atomic mass is 32.1. The van der Waals surface area contributed by atoms with Crippen molar-refractivity contribution in [2.75, 3.05) is 13.7 Å². The topological polar surface area (TPSA) is 64.6 Å². The number of carbonyl (C=O) groups excluding carboxylic acids is 2. The first-order valence-corrected chi connectivity index (χ1v) is 10.4. The van der Waals surface area contributed by atoms with E-state index in [1.165, 1.54) is 0 Å². The number of methoxy groups -OCH3 is 1. The number of nitrogens with one attached hydrogen (secondary N) is 1. The normalized spacial score (nSPS) is 21.9. The first-order chi connectivity index (χ1) is 13.6. The van der Waals surface area contributed by atoms with Gasteiger partial charge in [-0.1, -0.05) is 12.1 Å². The van der Waals surface area contributed by atoms with Crippen molar-refractivity contribution in [3.05, 3.63) is 57.4 Å². The van der Waals surface area contributed by atoms with Gasteiger partial charge in [0, 0.05) is 34.9 Å². The van der Waals surface area contributed by atoms with Gasteiger partial charge >= 0.3 is 0 Å². The Hall–Kier alpha value is -2.60. The first kappa shape index (κ1) is 18.7. The minimum atomic E-state index is -0.118. The van der Waals surface area contributed by atoms with Crippen LogP contribution in [0.5, 0.6) is 11.5 Å². The second kappa shape index (κ2) is 7.80. The smallest absolute Gasteiger partial charge is 0.225 e. The number of rotatable bonds is 5. The molecule has 2 atom stereocenters. The lowest BCUT2D eigenvalue weighted by atomic mass is 9.75. The summed E-state index contributed by atoms with van der Waals surface area (Å²) in [6.45, 7) is 2.49. The number of Topliss-reactive ketones (excluding diaryl/α,β-unsaturated/α-hetero) is 1. The minimum absolute atomic E-state index is 0.0122. The van der Waals surface area contributed by atoms with E-state index in [0.717, 1.165) is 21.7 Å². The third kappa shape index (κ3) is 3.44. The fourth-order valence-corrected chi connectivity index (χ4v) is 4.98. The lowest BCUT2D eigenvalue weighted by Crippen LogP contribution is -2.37. The third-order valence-electron chi connectivity index (χ3n) is 5.38. The zero-order chi connectivity index (χ0) is 19.7. The maximum atomic E-state index is 13.1. The van der Waals surface area contributed by atoms with E-state index in [-0.39, 0.29) is 23.5 Å². The molecule has 1 aromatic heterocycles. The van der Waals surface area contributed by atoms with Gasteiger partial charge in [0.05, 0.1) is 13.7 Å². The summed E-state index contributed by atoms with van der Waals surface area (Å²) in [7, 11) is 1.61. The van der Waals surface area contributed by atoms with Crippen molar-refractivity contribution in [3.63, 3.8) is 0 Å². The minimum Gasteiger partial charge on any atom is -0.493 e. The number of ketones is 1. The number of thiophene rings is 1. The third-order valence-corrected chi connectivity index (χ3v) is 6.37. The number of carbonyl (C=O) groups is 2. The lowest BCUT2D eigenvalue weighted by Gasteiger charge is -2.34. The van der Waals surface area contributed by atoms with Gasteiger partial charge < -0.3 is 14.8 Å². The number of allylic oxidation sites excluding steroid dienone is 2. The van der Waals surface area contributed by atoms with Crippen LogP contribution < -0.4 is 14.8 Å². The van der Waals surface area contributed by atoms with Crippen LogP contribution in [0.15, 0.2) is 47.0 Å². The van der Waals surface area contributed by atoms with E-state index in [4.69, 9.17) is 9.47 Å². The number of hydrogen-bond acceptors (Lipinski definition) is 5. The molecule has 146 valence electrons. The second-order valence-corrected chi connectivity index (χ2v) is 8.06. The molecule has 0 saturated heterocycles. The number of hydrogen-bond donors (Lipinski definition) is 1. The van der Waals surface area contributed by atoms with Gasteiger partial charge in [-0.2, -0.15) is 0 Å². The van der Waals surface area contributed by atoms with E-state index >= 15 is 0 Å². The summed E-state index contributed by atoms with van der Waals surface area (Å²) in [4.78, 5) is 26.5. The summed E-state index contributed by atoms with van der Waals surface area (Å²) in [5.74, 6) is 1.35. The van der Waals surface area contributed by atoms with Crippen LogP contribution in [0.1, 0.15) is 48.5 Å². The van der Waals surface area contributed by atoms with Gasteiger partial charge in [-0.25, -0.2) is 0 Å². The van der Waals surface area contributed by atoms with E-state index in [1.807, 2.05) is 42.6 Å². The predicted molar refractivity (Wildman–Crippen MR) is 108 cm³/mol. The first-order valence-electron chi connectivity index (χ1n) is 9.51. The van der Waals surface area contributed by atoms with Gasteiger partial charge in [0.25, 0.3) is 0 Å². The highest BCUT2D eigenvalue weighted by Crippen LogP contribution is 2.44. The fraction of sp³-hybridized carbons (Fsp3) is 0.364. The Bertz CT molecular complexity index is 932. The van der Waals surface area contributed by atoms with Crippen molar-refractivity contribution in [2.24, 2.45) is 0 Å². The zero-order valence-electron chi connectivity index (χ0n) is 16.0. The maximum absolute atomic E-state index is 13.1. The summed E-state index contributed by atoms with van der Waals surface area (Å²) in [5.41, 5.74) is 2.59. The van der Waals surface area contributed by atoms with Crippen LogP contribution in [0.3, 0.4) is 0 Å². The molecule has 6 heteroatoms. The molecule has 1 N–H and O–H groups in total. The number of ether oxygens (including phenoxy) is 2. The Morgan fingerprint density at radius 2 is 2.00 bits per heavy atom. The molecular formula is C22H23NO4S. The van der Waals surface area contributed by atoms with E-state index < -0.39 is 0 Å². The molecular weight excluding hydrogens is 374 g/mol. The molecule has 1 aromatic carbocycles. The average Bonchev–Trinajstić information content (AvgIpc) is 3.22. The van der Waals surface area contributed by atoms with Crippen molar-refractivity contribution < 1.29 is 19.1 Å². The van der Waals surface area contributed by atoms with Crippen LogP contribution in [0, 0.1) is 0 Å². The van der Waals surface area contributed by atoms with Gasteiger partial charge in [-0.3, -0.25) is 9.59 Å². The summed E-state index contributed by atoms with van der Waals surface area (Å²) in [5, 5.41) is 4.96. The summed E-state index contributed by atoms with van der Waals surface area (Å²) >= 11 is 1.60. The van der Waals surface area contributed by atoms with Crippen LogP contribution in [-0.4, -0.2) is 25.4 Å². The fourth-order valence-electron chi connectivity index (χ4n) is 4.14. The Balaban J connectivity index is 1.66. The Morgan fingerprint density at radius 1 is 1.14 bits per heavy atom. The number of benzene rings is 1. The van der Waals surface area contributed by atoms with Crippen LogP contribution in [0.25, 0.3) is 0 Å². The van der Waals surface area contributed by atoms with E-state index in [9.17, 15) is 9.59 Å². The molecule has 0 saturated carbocycles. The molecule has 1 aliphatic carbocycles. The largest absolute Gasteiger partial charge is 0.493 e. The molecule has 1 aliphatic heterocycles. The standard InChI is InChI=1S/C22H23NO4S/c1-3-27-18-7-6-13(11-19(18)26-2)14-9-16-22(17(24)10-14)15(12-21(25)23-16)20-5-4-8-28-20/h4-8,11,14-15H,3,9-10,12H2,1-2H3,(H,23,25)/t14-,15-/m0/s1. The lowest BCUT2D eigenvalue weighted by molar-refractivity contribution is -0.122. The number of amides is 1. The SMILES string of the molecule is CCOc1ccc([C@@H]2CC(=O)C3=C(C2)NC(=O)C[C@H]3c2cccs2)cc1OC. The highest BCUT2D eigenvalue weighted by Gasteiger charge is 2.38. The van der Waals surface area contributed by atoms with E-state index in [1.54, 1.807) is 18.4 Å². The van der Waals surface area contributed by atoms with E-state index in [2.05, 4.69) is 5.32 Å². The summed E-state index contributed by atoms with van der Waals surface area (Å²) in [6, 6.07) is 9.79. The van der Waals surface area contributed by atoms with Crippen molar-refractivity contribution >= 4 is 23.0 Å². The molecule has 0 unspecified atom stereocenters. The van der Waals surface area contributed by atoms with Crippen molar-refractivity contribution in [2.45, 2.75) is 38.0 Å². The Kier molecular flexibility index (Phi) is 5.22. The van der Waals surface area contributed by atoms with Gasteiger partial charge in [-0.15, -0.1) is 11.3 Å². The summed E-state index contributed by atoms with van der Waals surface area (Å²) in [6.07, 6.45) is 1.42. The Labute approximate surface area is 168 Å². The Morgan fingerprint density at radius 3 is 2.71 bits per heavy atom. The van der Waals surface area contributed by atoms with E-state index in [0.29, 0.717) is 37.4 Å². The molecule has 0 bridgehead atoms. The quantitative estimate of drug-likeness (QED) is 0.823. The highest BCUT2D eigenvalue weighted by molar-refractivity contribution is 7.10. The molecule has 1 amide bonds. The maximum Gasteiger partial charge on any atom is 0.225 e. The van der Waals surface area contributed by atoms with Gasteiger partial charge in [0.1, 0.15) is 0 Å². The molecule has 5 nitrogen and oxygen atoms in total. The second-order valence-electron chi connectivity index (χ2n) is 7.08. The molecule has 0 fully saturated rings. The molecule has 2 aromatic rings. The molecule has 2 heterocycles. The molecule has 0 radical (unpaired) electrons. The van der Waals surface area contributed by atoms with Crippen LogP contribution in [-0.2, 0) is 9.59 Å².